The lowest BCUT2D eigenvalue weighted by atomic mass is 9.95. The monoisotopic (exact) mass is 534 g/mol. The molecular formula is C29H50N4O5. The maximum absolute atomic E-state index is 13.7. The molecule has 0 saturated carbocycles. The van der Waals surface area contributed by atoms with Gasteiger partial charge in [-0.2, -0.15) is 0 Å². The minimum atomic E-state index is -0.874. The highest BCUT2D eigenvalue weighted by molar-refractivity contribution is 5.94. The number of piperidine rings is 2. The number of likely N-dealkylation sites (N-methyl/N-ethyl adjacent to an activating group) is 1. The van der Waals surface area contributed by atoms with Crippen molar-refractivity contribution >= 4 is 23.7 Å². The van der Waals surface area contributed by atoms with Crippen molar-refractivity contribution in [3.63, 3.8) is 0 Å². The van der Waals surface area contributed by atoms with E-state index >= 15 is 0 Å². The Morgan fingerprint density at radius 2 is 1.61 bits per heavy atom. The number of carboxylic acids is 1. The largest absolute Gasteiger partial charge is 0.481 e. The number of aliphatic carboxylic acids is 1. The van der Waals surface area contributed by atoms with Crippen LogP contribution in [0.4, 0.5) is 0 Å². The maximum atomic E-state index is 13.7. The van der Waals surface area contributed by atoms with Gasteiger partial charge >= 0.3 is 5.97 Å². The summed E-state index contributed by atoms with van der Waals surface area (Å²) in [6, 6.07) is -1.01. The van der Waals surface area contributed by atoms with Crippen molar-refractivity contribution < 1.29 is 24.3 Å². The van der Waals surface area contributed by atoms with E-state index in [1.54, 1.807) is 23.8 Å². The van der Waals surface area contributed by atoms with E-state index in [-0.39, 0.29) is 54.2 Å². The molecule has 3 amide bonds. The molecule has 9 nitrogen and oxygen atoms in total. The van der Waals surface area contributed by atoms with Crippen LogP contribution in [0.5, 0.6) is 0 Å². The molecule has 0 radical (unpaired) electrons. The molecule has 2 aliphatic rings. The summed E-state index contributed by atoms with van der Waals surface area (Å²) in [6.07, 6.45) is 5.91. The molecule has 2 aliphatic heterocycles. The third-order valence-corrected chi connectivity index (χ3v) is 8.03. The number of carbonyl (C=O) groups is 4. The van der Waals surface area contributed by atoms with E-state index in [4.69, 9.17) is 0 Å². The molecule has 216 valence electrons. The first-order valence-corrected chi connectivity index (χ1v) is 14.3. The van der Waals surface area contributed by atoms with E-state index in [0.29, 0.717) is 25.0 Å². The van der Waals surface area contributed by atoms with Crippen molar-refractivity contribution in [3.8, 4) is 0 Å². The molecule has 2 unspecified atom stereocenters. The Labute approximate surface area is 229 Å². The number of nitrogens with zero attached hydrogens (tertiary/aromatic N) is 3. The summed E-state index contributed by atoms with van der Waals surface area (Å²) in [5.74, 6) is -1.97. The van der Waals surface area contributed by atoms with Gasteiger partial charge in [0.1, 0.15) is 6.04 Å². The molecule has 2 rings (SSSR count). The van der Waals surface area contributed by atoms with Crippen molar-refractivity contribution in [3.05, 3.63) is 11.6 Å². The number of hydrogen-bond donors (Lipinski definition) is 2. The third-order valence-electron chi connectivity index (χ3n) is 8.03. The Balaban J connectivity index is 2.19. The normalized spacial score (nSPS) is 22.9. The van der Waals surface area contributed by atoms with Gasteiger partial charge in [-0.05, 0) is 64.8 Å². The Bertz CT molecular complexity index is 884. The summed E-state index contributed by atoms with van der Waals surface area (Å²) in [5.41, 5.74) is 0.495. The smallest absolute Gasteiger partial charge is 0.308 e. The highest BCUT2D eigenvalue weighted by Gasteiger charge is 2.36. The average Bonchev–Trinajstić information content (AvgIpc) is 2.88. The van der Waals surface area contributed by atoms with Gasteiger partial charge in [-0.1, -0.05) is 40.2 Å². The summed E-state index contributed by atoms with van der Waals surface area (Å²) in [5, 5.41) is 12.4. The molecule has 4 atom stereocenters. The zero-order valence-corrected chi connectivity index (χ0v) is 24.7. The topological polar surface area (TPSA) is 110 Å². The second-order valence-corrected chi connectivity index (χ2v) is 12.0. The molecule has 0 aromatic heterocycles. The maximum Gasteiger partial charge on any atom is 0.308 e. The highest BCUT2D eigenvalue weighted by atomic mass is 16.4. The zero-order valence-electron chi connectivity index (χ0n) is 24.7. The van der Waals surface area contributed by atoms with Gasteiger partial charge in [0.25, 0.3) is 0 Å². The summed E-state index contributed by atoms with van der Waals surface area (Å²) in [7, 11) is 1.73. The summed E-state index contributed by atoms with van der Waals surface area (Å²) >= 11 is 0. The predicted molar refractivity (Wildman–Crippen MR) is 148 cm³/mol. The number of carbonyl (C=O) groups excluding carboxylic acids is 3. The number of likely N-dealkylation sites (tertiary alicyclic amines) is 2. The summed E-state index contributed by atoms with van der Waals surface area (Å²) in [4.78, 5) is 57.2. The number of amides is 3. The Morgan fingerprint density at radius 1 is 0.947 bits per heavy atom. The minimum absolute atomic E-state index is 0.0260. The Morgan fingerprint density at radius 3 is 2.16 bits per heavy atom. The predicted octanol–water partition coefficient (Wildman–Crippen LogP) is 3.14. The second-order valence-electron chi connectivity index (χ2n) is 12.0. The van der Waals surface area contributed by atoms with Gasteiger partial charge in [0.05, 0.1) is 18.0 Å². The van der Waals surface area contributed by atoms with Crippen LogP contribution in [-0.4, -0.2) is 94.3 Å². The number of nitrogens with one attached hydrogen (secondary N) is 1. The van der Waals surface area contributed by atoms with Crippen molar-refractivity contribution in [2.45, 2.75) is 105 Å². The lowest BCUT2D eigenvalue weighted by Crippen LogP contribution is -2.58. The van der Waals surface area contributed by atoms with Crippen LogP contribution in [-0.2, 0) is 19.2 Å². The number of carboxylic acid groups (broad SMARTS) is 1. The molecule has 0 bridgehead atoms. The Hall–Kier alpha value is -2.42. The SMILES string of the molecule is C/C(=C\C(C(C)C)N(C)C(=O)[C@@H](NC(=O)[C@H]1CCCCN1C(C)C)C(C)C)C(=O)N1CCCC(C(=O)O)C1. The van der Waals surface area contributed by atoms with Gasteiger partial charge in [0.15, 0.2) is 0 Å². The molecule has 0 spiro atoms. The fraction of sp³-hybridized carbons (Fsp3) is 0.793. The summed E-state index contributed by atoms with van der Waals surface area (Å²) < 4.78 is 0. The van der Waals surface area contributed by atoms with Crippen LogP contribution in [0.3, 0.4) is 0 Å². The van der Waals surface area contributed by atoms with Crippen LogP contribution in [0.2, 0.25) is 0 Å². The minimum Gasteiger partial charge on any atom is -0.481 e. The van der Waals surface area contributed by atoms with Gasteiger partial charge in [-0.15, -0.1) is 0 Å². The molecule has 9 heteroatoms. The van der Waals surface area contributed by atoms with E-state index in [0.717, 1.165) is 25.8 Å². The lowest BCUT2D eigenvalue weighted by Gasteiger charge is -2.39. The van der Waals surface area contributed by atoms with Crippen LogP contribution < -0.4 is 5.32 Å². The van der Waals surface area contributed by atoms with Crippen LogP contribution in [0.25, 0.3) is 0 Å². The number of rotatable bonds is 10. The van der Waals surface area contributed by atoms with E-state index in [9.17, 15) is 24.3 Å². The van der Waals surface area contributed by atoms with Crippen molar-refractivity contribution in [1.29, 1.82) is 0 Å². The molecule has 0 aliphatic carbocycles. The van der Waals surface area contributed by atoms with Gasteiger partial charge in [0.2, 0.25) is 17.7 Å². The van der Waals surface area contributed by atoms with Crippen LogP contribution >= 0.6 is 0 Å². The molecular weight excluding hydrogens is 484 g/mol. The van der Waals surface area contributed by atoms with Crippen molar-refractivity contribution in [2.75, 3.05) is 26.7 Å². The molecule has 2 heterocycles. The van der Waals surface area contributed by atoms with Crippen LogP contribution in [0.15, 0.2) is 11.6 Å². The molecule has 2 N–H and O–H groups in total. The van der Waals surface area contributed by atoms with Gasteiger partial charge in [-0.3, -0.25) is 24.1 Å². The average molecular weight is 535 g/mol. The summed E-state index contributed by atoms with van der Waals surface area (Å²) in [6.45, 7) is 15.4. The van der Waals surface area contributed by atoms with Gasteiger partial charge in [-0.25, -0.2) is 0 Å². The molecule has 2 fully saturated rings. The quantitative estimate of drug-likeness (QED) is 0.417. The zero-order chi connectivity index (χ0) is 28.7. The molecule has 0 aromatic rings. The lowest BCUT2D eigenvalue weighted by molar-refractivity contribution is -0.145. The standard InChI is InChI=1S/C29H50N4O5/c1-18(2)24(16-21(7)27(35)32-14-11-12-22(17-32)29(37)38)31(8)28(36)25(19(3)4)30-26(34)23-13-9-10-15-33(23)20(5)6/h16,18-20,22-25H,9-15,17H2,1-8H3,(H,30,34)(H,37,38)/b21-16+/t22?,23-,24?,25+/m1/s1. The van der Waals surface area contributed by atoms with E-state index in [2.05, 4.69) is 24.1 Å². The van der Waals surface area contributed by atoms with Crippen molar-refractivity contribution in [1.82, 2.24) is 20.0 Å². The van der Waals surface area contributed by atoms with E-state index < -0.39 is 17.9 Å². The number of hydrogen-bond acceptors (Lipinski definition) is 5. The van der Waals surface area contributed by atoms with Gasteiger partial charge in [0, 0.05) is 31.8 Å². The molecule has 2 saturated heterocycles. The Kier molecular flexibility index (Phi) is 11.8. The van der Waals surface area contributed by atoms with Crippen LogP contribution in [0, 0.1) is 17.8 Å². The van der Waals surface area contributed by atoms with Crippen LogP contribution in [0.1, 0.15) is 80.6 Å². The third kappa shape index (κ3) is 8.04. The highest BCUT2D eigenvalue weighted by Crippen LogP contribution is 2.23. The van der Waals surface area contributed by atoms with E-state index in [1.807, 2.05) is 33.8 Å². The van der Waals surface area contributed by atoms with Gasteiger partial charge < -0.3 is 20.2 Å². The molecule has 0 aromatic carbocycles. The van der Waals surface area contributed by atoms with Crippen molar-refractivity contribution in [2.24, 2.45) is 17.8 Å². The first-order valence-electron chi connectivity index (χ1n) is 14.3. The second kappa shape index (κ2) is 14.1. The fourth-order valence-corrected chi connectivity index (χ4v) is 5.67. The molecule has 38 heavy (non-hydrogen) atoms. The first-order chi connectivity index (χ1) is 17.8. The first kappa shape index (κ1) is 31.8. The van der Waals surface area contributed by atoms with E-state index in [1.165, 1.54) is 0 Å². The fourth-order valence-electron chi connectivity index (χ4n) is 5.67.